The predicted octanol–water partition coefficient (Wildman–Crippen LogP) is 2.73. The number of methoxy groups -OCH3 is 2. The average molecular weight is 241 g/mol. The smallest absolute Gasteiger partial charge is 0.337 e. The molecule has 1 rings (SSSR count). The molecule has 1 aromatic rings. The molecule has 0 heterocycles. The Balaban J connectivity index is 3.21. The van der Waals surface area contributed by atoms with Gasteiger partial charge in [0.25, 0.3) is 0 Å². The molecular formula is C12H13ClO3. The highest BCUT2D eigenvalue weighted by Crippen LogP contribution is 2.27. The van der Waals surface area contributed by atoms with Gasteiger partial charge in [0.1, 0.15) is 5.75 Å². The van der Waals surface area contributed by atoms with Gasteiger partial charge in [-0.1, -0.05) is 6.58 Å². The van der Waals surface area contributed by atoms with Gasteiger partial charge in [0.2, 0.25) is 0 Å². The van der Waals surface area contributed by atoms with E-state index in [2.05, 4.69) is 11.3 Å². The third-order valence-electron chi connectivity index (χ3n) is 2.16. The number of esters is 1. The van der Waals surface area contributed by atoms with Crippen LogP contribution in [-0.4, -0.2) is 26.1 Å². The zero-order chi connectivity index (χ0) is 12.1. The Bertz CT molecular complexity index is 413. The van der Waals surface area contributed by atoms with Crippen LogP contribution in [0.15, 0.2) is 24.8 Å². The first-order chi connectivity index (χ1) is 7.63. The fraction of sp³-hybridized carbons (Fsp3) is 0.250. The van der Waals surface area contributed by atoms with Crippen LogP contribution in [0.25, 0.3) is 5.57 Å². The van der Waals surface area contributed by atoms with Crippen molar-refractivity contribution in [3.05, 3.63) is 35.9 Å². The molecule has 0 aromatic heterocycles. The number of hydrogen-bond donors (Lipinski definition) is 0. The highest BCUT2D eigenvalue weighted by atomic mass is 35.5. The maximum Gasteiger partial charge on any atom is 0.337 e. The minimum atomic E-state index is -0.397. The van der Waals surface area contributed by atoms with E-state index in [9.17, 15) is 4.79 Å². The van der Waals surface area contributed by atoms with E-state index in [1.165, 1.54) is 7.11 Å². The number of ether oxygens (including phenoxy) is 2. The molecule has 0 spiro atoms. The zero-order valence-electron chi connectivity index (χ0n) is 9.25. The highest BCUT2D eigenvalue weighted by Gasteiger charge is 2.11. The number of carbonyl (C=O) groups excluding carboxylic acids is 1. The second kappa shape index (κ2) is 5.56. The summed E-state index contributed by atoms with van der Waals surface area (Å²) in [4.78, 5) is 11.4. The molecule has 0 saturated heterocycles. The minimum absolute atomic E-state index is 0.279. The molecule has 16 heavy (non-hydrogen) atoms. The van der Waals surface area contributed by atoms with Crippen LogP contribution in [0.2, 0.25) is 0 Å². The quantitative estimate of drug-likeness (QED) is 0.600. The second-order valence-corrected chi connectivity index (χ2v) is 3.41. The molecule has 0 saturated carbocycles. The highest BCUT2D eigenvalue weighted by molar-refractivity contribution is 6.23. The van der Waals surface area contributed by atoms with E-state index in [1.54, 1.807) is 25.3 Å². The van der Waals surface area contributed by atoms with Gasteiger partial charge in [-0.2, -0.15) is 0 Å². The summed E-state index contributed by atoms with van der Waals surface area (Å²) < 4.78 is 9.80. The maximum absolute atomic E-state index is 11.4. The van der Waals surface area contributed by atoms with Crippen molar-refractivity contribution in [2.75, 3.05) is 20.1 Å². The molecule has 0 atom stereocenters. The van der Waals surface area contributed by atoms with Crippen molar-refractivity contribution >= 4 is 23.1 Å². The van der Waals surface area contributed by atoms with E-state index in [4.69, 9.17) is 16.3 Å². The Morgan fingerprint density at radius 1 is 1.44 bits per heavy atom. The molecule has 0 radical (unpaired) electrons. The molecule has 0 bridgehead atoms. The van der Waals surface area contributed by atoms with Crippen molar-refractivity contribution < 1.29 is 14.3 Å². The standard InChI is InChI=1S/C12H13ClO3/c1-8(7-13)10-6-9(12(14)16-3)4-5-11(10)15-2/h4-6H,1,7H2,2-3H3. The number of alkyl halides is 1. The van der Waals surface area contributed by atoms with Crippen LogP contribution in [0, 0.1) is 0 Å². The summed E-state index contributed by atoms with van der Waals surface area (Å²) in [5, 5.41) is 0. The van der Waals surface area contributed by atoms with Crippen LogP contribution < -0.4 is 4.74 Å². The van der Waals surface area contributed by atoms with Crippen LogP contribution in [-0.2, 0) is 4.74 Å². The first-order valence-corrected chi connectivity index (χ1v) is 5.18. The number of halogens is 1. The van der Waals surface area contributed by atoms with Crippen molar-refractivity contribution in [3.63, 3.8) is 0 Å². The second-order valence-electron chi connectivity index (χ2n) is 3.14. The van der Waals surface area contributed by atoms with Gasteiger partial charge in [0.15, 0.2) is 0 Å². The Morgan fingerprint density at radius 2 is 2.12 bits per heavy atom. The van der Waals surface area contributed by atoms with Gasteiger partial charge >= 0.3 is 5.97 Å². The minimum Gasteiger partial charge on any atom is -0.496 e. The molecule has 4 heteroatoms. The summed E-state index contributed by atoms with van der Waals surface area (Å²) in [6.07, 6.45) is 0. The summed E-state index contributed by atoms with van der Waals surface area (Å²) in [5.74, 6) is 0.519. The average Bonchev–Trinajstić information content (AvgIpc) is 2.35. The molecule has 0 fully saturated rings. The Labute approximate surface area is 99.6 Å². The number of benzene rings is 1. The summed E-state index contributed by atoms with van der Waals surface area (Å²) >= 11 is 5.71. The molecule has 86 valence electrons. The van der Waals surface area contributed by atoms with Crippen LogP contribution >= 0.6 is 11.6 Å². The van der Waals surface area contributed by atoms with E-state index in [-0.39, 0.29) is 5.88 Å². The summed E-state index contributed by atoms with van der Waals surface area (Å²) in [5.41, 5.74) is 1.87. The monoisotopic (exact) mass is 240 g/mol. The Kier molecular flexibility index (Phi) is 4.38. The van der Waals surface area contributed by atoms with Gasteiger partial charge in [-0.3, -0.25) is 0 Å². The topological polar surface area (TPSA) is 35.5 Å². The number of carbonyl (C=O) groups is 1. The third kappa shape index (κ3) is 2.55. The number of rotatable bonds is 4. The van der Waals surface area contributed by atoms with Crippen molar-refractivity contribution in [2.45, 2.75) is 0 Å². The van der Waals surface area contributed by atoms with Crippen LogP contribution in [0.4, 0.5) is 0 Å². The zero-order valence-corrected chi connectivity index (χ0v) is 10.0. The lowest BCUT2D eigenvalue weighted by Crippen LogP contribution is -2.03. The van der Waals surface area contributed by atoms with E-state index in [1.807, 2.05) is 0 Å². The van der Waals surface area contributed by atoms with Gasteiger partial charge in [-0.25, -0.2) is 4.79 Å². The molecule has 1 aromatic carbocycles. The van der Waals surface area contributed by atoms with E-state index >= 15 is 0 Å². The van der Waals surface area contributed by atoms with Gasteiger partial charge in [0.05, 0.1) is 19.8 Å². The molecule has 0 amide bonds. The van der Waals surface area contributed by atoms with Crippen molar-refractivity contribution in [1.82, 2.24) is 0 Å². The van der Waals surface area contributed by atoms with E-state index < -0.39 is 5.97 Å². The molecule has 0 unspecified atom stereocenters. The lowest BCUT2D eigenvalue weighted by Gasteiger charge is -2.10. The normalized spacial score (nSPS) is 9.69. The SMILES string of the molecule is C=C(CCl)c1cc(C(=O)OC)ccc1OC. The number of allylic oxidation sites excluding steroid dienone is 1. The van der Waals surface area contributed by atoms with E-state index in [0.717, 1.165) is 5.56 Å². The molecule has 0 aliphatic rings. The molecular weight excluding hydrogens is 228 g/mol. The summed E-state index contributed by atoms with van der Waals surface area (Å²) in [7, 11) is 2.89. The fourth-order valence-corrected chi connectivity index (χ4v) is 1.45. The van der Waals surface area contributed by atoms with E-state index in [0.29, 0.717) is 16.9 Å². The largest absolute Gasteiger partial charge is 0.496 e. The Morgan fingerprint density at radius 3 is 2.62 bits per heavy atom. The van der Waals surface area contributed by atoms with Crippen molar-refractivity contribution in [3.8, 4) is 5.75 Å². The van der Waals surface area contributed by atoms with Crippen LogP contribution in [0.1, 0.15) is 15.9 Å². The van der Waals surface area contributed by atoms with Gasteiger partial charge in [-0.05, 0) is 23.8 Å². The first kappa shape index (κ1) is 12.6. The maximum atomic E-state index is 11.4. The predicted molar refractivity (Wildman–Crippen MR) is 64.1 cm³/mol. The summed E-state index contributed by atoms with van der Waals surface area (Å²) in [6.45, 7) is 3.81. The Hall–Kier alpha value is -1.48. The fourth-order valence-electron chi connectivity index (χ4n) is 1.30. The number of hydrogen-bond acceptors (Lipinski definition) is 3. The van der Waals surface area contributed by atoms with Crippen molar-refractivity contribution in [2.24, 2.45) is 0 Å². The third-order valence-corrected chi connectivity index (χ3v) is 2.49. The lowest BCUT2D eigenvalue weighted by molar-refractivity contribution is 0.0600. The van der Waals surface area contributed by atoms with Crippen LogP contribution in [0.3, 0.4) is 0 Å². The van der Waals surface area contributed by atoms with Crippen LogP contribution in [0.5, 0.6) is 5.75 Å². The molecule has 0 aliphatic carbocycles. The van der Waals surface area contributed by atoms with Crippen molar-refractivity contribution in [1.29, 1.82) is 0 Å². The molecule has 0 aliphatic heterocycles. The molecule has 0 N–H and O–H groups in total. The molecule has 3 nitrogen and oxygen atoms in total. The first-order valence-electron chi connectivity index (χ1n) is 4.64. The summed E-state index contributed by atoms with van der Waals surface area (Å²) in [6, 6.07) is 4.99. The lowest BCUT2D eigenvalue weighted by atomic mass is 10.0. The van der Waals surface area contributed by atoms with Gasteiger partial charge in [-0.15, -0.1) is 11.6 Å². The van der Waals surface area contributed by atoms with Gasteiger partial charge in [0, 0.05) is 11.4 Å². The van der Waals surface area contributed by atoms with Gasteiger partial charge < -0.3 is 9.47 Å².